The molecule has 1 aliphatic carbocycles. The van der Waals surface area contributed by atoms with Gasteiger partial charge in [-0.3, -0.25) is 9.59 Å². The Kier molecular flexibility index (Phi) is 5.96. The van der Waals surface area contributed by atoms with Crippen LogP contribution in [0.1, 0.15) is 57.6 Å². The minimum Gasteiger partial charge on any atom is -0.503 e. The molecule has 3 rings (SSSR count). The third-order valence-corrected chi connectivity index (χ3v) is 5.58. The Morgan fingerprint density at radius 2 is 1.82 bits per heavy atom. The normalized spacial score (nSPS) is 20.4. The van der Waals surface area contributed by atoms with Gasteiger partial charge in [0.2, 0.25) is 0 Å². The third-order valence-electron chi connectivity index (χ3n) is 5.58. The summed E-state index contributed by atoms with van der Waals surface area (Å²) in [7, 11) is 3.11. The summed E-state index contributed by atoms with van der Waals surface area (Å²) in [5.41, 5.74) is 0.951. The van der Waals surface area contributed by atoms with Gasteiger partial charge in [0, 0.05) is 12.5 Å². The average Bonchev–Trinajstić information content (AvgIpc) is 3.27. The number of nitrogens with zero attached hydrogens (tertiary/aromatic N) is 1. The second-order valence-electron chi connectivity index (χ2n) is 7.95. The summed E-state index contributed by atoms with van der Waals surface area (Å²) in [4.78, 5) is 27.7. The molecule has 1 saturated carbocycles. The molecular formula is C22H29NO5. The average molecular weight is 387 g/mol. The summed E-state index contributed by atoms with van der Waals surface area (Å²) in [6, 6.07) is 4.83. The maximum Gasteiger partial charge on any atom is 0.290 e. The molecule has 28 heavy (non-hydrogen) atoms. The van der Waals surface area contributed by atoms with Crippen molar-refractivity contribution in [3.05, 3.63) is 35.1 Å². The fourth-order valence-electron chi connectivity index (χ4n) is 4.30. The lowest BCUT2D eigenvalue weighted by atomic mass is 9.91. The van der Waals surface area contributed by atoms with Crippen molar-refractivity contribution < 1.29 is 24.2 Å². The molecule has 1 aliphatic heterocycles. The molecular weight excluding hydrogens is 358 g/mol. The van der Waals surface area contributed by atoms with Crippen LogP contribution in [0.15, 0.2) is 29.5 Å². The number of methoxy groups -OCH3 is 2. The monoisotopic (exact) mass is 387 g/mol. The summed E-state index contributed by atoms with van der Waals surface area (Å²) < 4.78 is 10.7. The predicted octanol–water partition coefficient (Wildman–Crippen LogP) is 3.96. The smallest absolute Gasteiger partial charge is 0.290 e. The van der Waals surface area contributed by atoms with Crippen molar-refractivity contribution in [2.24, 2.45) is 5.92 Å². The standard InChI is InChI=1S/C22H29NO5/c1-13(2)11-16(24)19-20(14-9-10-17(27-3)18(12-14)28-4)23(22(26)21(19)25)15-7-5-6-8-15/h9-10,12-13,15,20,25H,5-8,11H2,1-4H3. The van der Waals surface area contributed by atoms with E-state index >= 15 is 0 Å². The molecule has 1 amide bonds. The van der Waals surface area contributed by atoms with E-state index in [2.05, 4.69) is 0 Å². The molecule has 1 unspecified atom stereocenters. The first-order valence-corrected chi connectivity index (χ1v) is 9.89. The van der Waals surface area contributed by atoms with Gasteiger partial charge < -0.3 is 19.5 Å². The van der Waals surface area contributed by atoms with Gasteiger partial charge in [-0.25, -0.2) is 0 Å². The molecule has 0 bridgehead atoms. The second-order valence-corrected chi connectivity index (χ2v) is 7.95. The van der Waals surface area contributed by atoms with E-state index in [0.29, 0.717) is 11.5 Å². The van der Waals surface area contributed by atoms with E-state index in [1.807, 2.05) is 19.9 Å². The molecule has 152 valence electrons. The zero-order valence-corrected chi connectivity index (χ0v) is 17.0. The van der Waals surface area contributed by atoms with Gasteiger partial charge in [0.1, 0.15) is 0 Å². The Morgan fingerprint density at radius 1 is 1.18 bits per heavy atom. The number of amides is 1. The number of benzene rings is 1. The van der Waals surface area contributed by atoms with Crippen LogP contribution in [0, 0.1) is 5.92 Å². The summed E-state index contributed by atoms with van der Waals surface area (Å²) >= 11 is 0. The van der Waals surface area contributed by atoms with Gasteiger partial charge in [0.05, 0.1) is 25.8 Å². The van der Waals surface area contributed by atoms with E-state index in [0.717, 1.165) is 31.2 Å². The fourth-order valence-corrected chi connectivity index (χ4v) is 4.30. The molecule has 1 N–H and O–H groups in total. The highest BCUT2D eigenvalue weighted by molar-refractivity contribution is 6.09. The number of Topliss-reactive ketones (excluding diaryl/α,β-unsaturated/α-hetero) is 1. The molecule has 6 nitrogen and oxygen atoms in total. The van der Waals surface area contributed by atoms with Crippen LogP contribution in [0.3, 0.4) is 0 Å². The highest BCUT2D eigenvalue weighted by atomic mass is 16.5. The quantitative estimate of drug-likeness (QED) is 0.766. The van der Waals surface area contributed by atoms with E-state index in [1.54, 1.807) is 31.3 Å². The SMILES string of the molecule is COc1ccc(C2C(C(=O)CC(C)C)=C(O)C(=O)N2C2CCCC2)cc1OC. The largest absolute Gasteiger partial charge is 0.503 e. The van der Waals surface area contributed by atoms with Crippen LogP contribution in [-0.4, -0.2) is 42.0 Å². The molecule has 1 fully saturated rings. The van der Waals surface area contributed by atoms with Crippen LogP contribution in [0.4, 0.5) is 0 Å². The van der Waals surface area contributed by atoms with Crippen LogP contribution in [0.25, 0.3) is 0 Å². The summed E-state index contributed by atoms with van der Waals surface area (Å²) in [5, 5.41) is 10.6. The van der Waals surface area contributed by atoms with Crippen LogP contribution in [-0.2, 0) is 9.59 Å². The highest BCUT2D eigenvalue weighted by Crippen LogP contribution is 2.44. The lowest BCUT2D eigenvalue weighted by Crippen LogP contribution is -2.38. The van der Waals surface area contributed by atoms with Gasteiger partial charge in [-0.15, -0.1) is 0 Å². The van der Waals surface area contributed by atoms with Crippen molar-refractivity contribution in [2.45, 2.75) is 58.0 Å². The van der Waals surface area contributed by atoms with Gasteiger partial charge in [-0.2, -0.15) is 0 Å². The van der Waals surface area contributed by atoms with E-state index in [1.165, 1.54) is 0 Å². The first-order chi connectivity index (χ1) is 13.4. The topological polar surface area (TPSA) is 76.1 Å². The number of ketones is 1. The number of carbonyl (C=O) groups excluding carboxylic acids is 2. The molecule has 0 radical (unpaired) electrons. The van der Waals surface area contributed by atoms with Gasteiger partial charge in [-0.05, 0) is 36.5 Å². The van der Waals surface area contributed by atoms with Gasteiger partial charge in [0.15, 0.2) is 23.0 Å². The number of hydrogen-bond donors (Lipinski definition) is 1. The fraction of sp³-hybridized carbons (Fsp3) is 0.545. The number of rotatable bonds is 7. The molecule has 0 saturated heterocycles. The lowest BCUT2D eigenvalue weighted by Gasteiger charge is -2.32. The van der Waals surface area contributed by atoms with E-state index < -0.39 is 17.7 Å². The first-order valence-electron chi connectivity index (χ1n) is 9.89. The lowest BCUT2D eigenvalue weighted by molar-refractivity contribution is -0.131. The Balaban J connectivity index is 2.09. The van der Waals surface area contributed by atoms with Crippen LogP contribution < -0.4 is 9.47 Å². The molecule has 0 spiro atoms. The zero-order valence-electron chi connectivity index (χ0n) is 17.0. The summed E-state index contributed by atoms with van der Waals surface area (Å²) in [5.74, 6) is 0.207. The van der Waals surface area contributed by atoms with Gasteiger partial charge in [0.25, 0.3) is 5.91 Å². The molecule has 2 aliphatic rings. The Morgan fingerprint density at radius 3 is 2.39 bits per heavy atom. The second kappa shape index (κ2) is 8.25. The first kappa shape index (κ1) is 20.2. The highest BCUT2D eigenvalue weighted by Gasteiger charge is 2.46. The maximum atomic E-state index is 13.0. The van der Waals surface area contributed by atoms with Gasteiger partial charge in [-0.1, -0.05) is 32.8 Å². The van der Waals surface area contributed by atoms with Crippen LogP contribution >= 0.6 is 0 Å². The number of hydrogen-bond acceptors (Lipinski definition) is 5. The summed E-state index contributed by atoms with van der Waals surface area (Å²) in [6.45, 7) is 3.90. The molecule has 1 aromatic carbocycles. The van der Waals surface area contributed by atoms with Crippen molar-refractivity contribution in [1.29, 1.82) is 0 Å². The Hall–Kier alpha value is -2.50. The predicted molar refractivity (Wildman–Crippen MR) is 106 cm³/mol. The maximum absolute atomic E-state index is 13.0. The van der Waals surface area contributed by atoms with Crippen LogP contribution in [0.2, 0.25) is 0 Å². The van der Waals surface area contributed by atoms with E-state index in [-0.39, 0.29) is 29.7 Å². The van der Waals surface area contributed by atoms with Gasteiger partial charge >= 0.3 is 0 Å². The van der Waals surface area contributed by atoms with Crippen molar-refractivity contribution in [1.82, 2.24) is 4.90 Å². The van der Waals surface area contributed by atoms with Crippen molar-refractivity contribution in [2.75, 3.05) is 14.2 Å². The molecule has 6 heteroatoms. The molecule has 1 aromatic rings. The van der Waals surface area contributed by atoms with Crippen LogP contribution in [0.5, 0.6) is 11.5 Å². The van der Waals surface area contributed by atoms with E-state index in [9.17, 15) is 14.7 Å². The summed E-state index contributed by atoms with van der Waals surface area (Å²) in [6.07, 6.45) is 4.14. The Bertz CT molecular complexity index is 792. The van der Waals surface area contributed by atoms with Crippen molar-refractivity contribution in [3.8, 4) is 11.5 Å². The minimum atomic E-state index is -0.596. The van der Waals surface area contributed by atoms with Crippen molar-refractivity contribution >= 4 is 11.7 Å². The number of carbonyl (C=O) groups is 2. The number of aliphatic hydroxyl groups is 1. The Labute approximate surface area is 166 Å². The molecule has 1 atom stereocenters. The molecule has 1 heterocycles. The van der Waals surface area contributed by atoms with E-state index in [4.69, 9.17) is 9.47 Å². The number of ether oxygens (including phenoxy) is 2. The zero-order chi connectivity index (χ0) is 20.4. The van der Waals surface area contributed by atoms with Crippen molar-refractivity contribution in [3.63, 3.8) is 0 Å². The number of aliphatic hydroxyl groups excluding tert-OH is 1. The third kappa shape index (κ3) is 3.60. The minimum absolute atomic E-state index is 0.0251. The molecule has 0 aromatic heterocycles.